The monoisotopic (exact) mass is 442 g/mol. The van der Waals surface area contributed by atoms with E-state index in [0.29, 0.717) is 12.5 Å². The normalized spacial score (nSPS) is 23.6. The Bertz CT molecular complexity index is 835. The van der Waals surface area contributed by atoms with Crippen molar-refractivity contribution in [3.8, 4) is 11.5 Å². The maximum atomic E-state index is 12.9. The van der Waals surface area contributed by atoms with Crippen LogP contribution in [0.3, 0.4) is 0 Å². The lowest BCUT2D eigenvalue weighted by molar-refractivity contribution is -0.135. The first kappa shape index (κ1) is 22.7. The van der Waals surface area contributed by atoms with Crippen LogP contribution in [0.5, 0.6) is 11.5 Å². The number of carbonyl (C=O) groups excluding carboxylic acids is 1. The predicted octanol–water partition coefficient (Wildman–Crippen LogP) is 3.25. The summed E-state index contributed by atoms with van der Waals surface area (Å²) in [5.41, 5.74) is 2.21. The first-order valence-corrected chi connectivity index (χ1v) is 12.3. The Morgan fingerprint density at radius 2 is 2.06 bits per heavy atom. The van der Waals surface area contributed by atoms with Gasteiger partial charge in [0.2, 0.25) is 5.91 Å². The van der Waals surface area contributed by atoms with Gasteiger partial charge >= 0.3 is 0 Å². The molecule has 7 heteroatoms. The number of nitrogens with zero attached hydrogens (tertiary/aromatic N) is 2. The zero-order valence-corrected chi connectivity index (χ0v) is 19.8. The highest BCUT2D eigenvalue weighted by Crippen LogP contribution is 2.35. The highest BCUT2D eigenvalue weighted by Gasteiger charge is 2.31. The molecule has 1 amide bonds. The van der Waals surface area contributed by atoms with Crippen LogP contribution in [-0.4, -0.2) is 55.7 Å². The van der Waals surface area contributed by atoms with Gasteiger partial charge in [0.25, 0.3) is 0 Å². The molecule has 0 spiro atoms. The molecule has 1 aliphatic carbocycles. The second-order valence-corrected chi connectivity index (χ2v) is 9.35. The summed E-state index contributed by atoms with van der Waals surface area (Å²) < 4.78 is 11.5. The van der Waals surface area contributed by atoms with Gasteiger partial charge < -0.3 is 25.0 Å². The molecule has 2 atom stereocenters. The number of fused-ring (bicyclic) bond motifs is 1. The molecule has 2 fully saturated rings. The fourth-order valence-electron chi connectivity index (χ4n) is 5.16. The molecule has 1 saturated heterocycles. The van der Waals surface area contributed by atoms with Crippen LogP contribution >= 0.6 is 0 Å². The molecule has 32 heavy (non-hydrogen) atoms. The van der Waals surface area contributed by atoms with E-state index in [4.69, 9.17) is 14.5 Å². The maximum absolute atomic E-state index is 12.9. The number of carbonyl (C=O) groups is 1. The summed E-state index contributed by atoms with van der Waals surface area (Å²) in [6, 6.07) is 4.37. The summed E-state index contributed by atoms with van der Waals surface area (Å²) in [6.07, 6.45) is 7.85. The largest absolute Gasteiger partial charge is 0.496 e. The van der Waals surface area contributed by atoms with Crippen molar-refractivity contribution in [2.45, 2.75) is 77.5 Å². The third-order valence-electron chi connectivity index (χ3n) is 6.85. The zero-order chi connectivity index (χ0) is 22.5. The summed E-state index contributed by atoms with van der Waals surface area (Å²) in [4.78, 5) is 19.8. The summed E-state index contributed by atoms with van der Waals surface area (Å²) in [6.45, 7) is 7.03. The van der Waals surface area contributed by atoms with Crippen LogP contribution < -0.4 is 20.1 Å². The van der Waals surface area contributed by atoms with Crippen LogP contribution in [0.2, 0.25) is 0 Å². The highest BCUT2D eigenvalue weighted by molar-refractivity contribution is 5.81. The van der Waals surface area contributed by atoms with Crippen LogP contribution in [0.15, 0.2) is 17.1 Å². The fourth-order valence-corrected chi connectivity index (χ4v) is 5.16. The van der Waals surface area contributed by atoms with Crippen molar-refractivity contribution in [2.24, 2.45) is 10.9 Å². The summed E-state index contributed by atoms with van der Waals surface area (Å²) in [5.74, 6) is 3.16. The van der Waals surface area contributed by atoms with Crippen molar-refractivity contribution >= 4 is 11.9 Å². The van der Waals surface area contributed by atoms with Gasteiger partial charge in [0.15, 0.2) is 5.96 Å². The minimum atomic E-state index is 0.203. The van der Waals surface area contributed by atoms with E-state index in [2.05, 4.69) is 41.5 Å². The SMILES string of the molecule is CCNC(=NCc1cc2c(cc1OC)CC(C)O2)NC1CCN(C(=O)C2CCCCC2)C1. The second kappa shape index (κ2) is 10.5. The van der Waals surface area contributed by atoms with Gasteiger partial charge in [0.1, 0.15) is 17.6 Å². The van der Waals surface area contributed by atoms with Crippen LogP contribution in [0.1, 0.15) is 63.5 Å². The molecular formula is C25H38N4O3. The van der Waals surface area contributed by atoms with Gasteiger partial charge in [0, 0.05) is 49.1 Å². The Hall–Kier alpha value is -2.44. The molecule has 1 saturated carbocycles. The van der Waals surface area contributed by atoms with Gasteiger partial charge in [-0.1, -0.05) is 19.3 Å². The van der Waals surface area contributed by atoms with Crippen LogP contribution in [0.4, 0.5) is 0 Å². The van der Waals surface area contributed by atoms with Gasteiger partial charge in [-0.3, -0.25) is 4.79 Å². The molecule has 0 aromatic heterocycles. The molecule has 2 heterocycles. The van der Waals surface area contributed by atoms with Crippen molar-refractivity contribution in [3.05, 3.63) is 23.3 Å². The fraction of sp³-hybridized carbons (Fsp3) is 0.680. The molecule has 1 aromatic rings. The van der Waals surface area contributed by atoms with Gasteiger partial charge in [-0.2, -0.15) is 0 Å². The number of hydrogen-bond acceptors (Lipinski definition) is 4. The first-order chi connectivity index (χ1) is 15.6. The Balaban J connectivity index is 1.38. The lowest BCUT2D eigenvalue weighted by atomic mass is 9.88. The van der Waals surface area contributed by atoms with E-state index in [1.54, 1.807) is 7.11 Å². The number of benzene rings is 1. The standard InChI is InChI=1S/C25H38N4O3/c1-4-26-25(27-15-20-14-23-19(12-17(2)32-23)13-22(20)31-3)28-21-10-11-29(16-21)24(30)18-8-6-5-7-9-18/h13-14,17-18,21H,4-12,15-16H2,1-3H3,(H2,26,27,28). The number of rotatable bonds is 6. The molecule has 2 unspecified atom stereocenters. The van der Waals surface area contributed by atoms with Crippen LogP contribution in [0.25, 0.3) is 0 Å². The number of likely N-dealkylation sites (tertiary alicyclic amines) is 1. The highest BCUT2D eigenvalue weighted by atomic mass is 16.5. The van der Waals surface area contributed by atoms with Crippen molar-refractivity contribution in [1.29, 1.82) is 0 Å². The molecule has 2 aliphatic heterocycles. The number of ether oxygens (including phenoxy) is 2. The maximum Gasteiger partial charge on any atom is 0.225 e. The van der Waals surface area contributed by atoms with E-state index in [-0.39, 0.29) is 18.1 Å². The molecule has 176 valence electrons. The molecule has 0 bridgehead atoms. The van der Waals surface area contributed by atoms with Crippen molar-refractivity contribution in [1.82, 2.24) is 15.5 Å². The van der Waals surface area contributed by atoms with E-state index in [1.165, 1.54) is 24.8 Å². The van der Waals surface area contributed by atoms with E-state index >= 15 is 0 Å². The van der Waals surface area contributed by atoms with Crippen LogP contribution in [0, 0.1) is 5.92 Å². The number of hydrogen-bond donors (Lipinski definition) is 2. The van der Waals surface area contributed by atoms with Gasteiger partial charge in [-0.25, -0.2) is 4.99 Å². The van der Waals surface area contributed by atoms with E-state index in [0.717, 1.165) is 68.3 Å². The summed E-state index contributed by atoms with van der Waals surface area (Å²) >= 11 is 0. The van der Waals surface area contributed by atoms with E-state index in [1.807, 2.05) is 0 Å². The second-order valence-electron chi connectivity index (χ2n) is 9.35. The van der Waals surface area contributed by atoms with E-state index < -0.39 is 0 Å². The molecular weight excluding hydrogens is 404 g/mol. The summed E-state index contributed by atoms with van der Waals surface area (Å²) in [5, 5.41) is 6.89. The minimum absolute atomic E-state index is 0.203. The van der Waals surface area contributed by atoms with E-state index in [9.17, 15) is 4.79 Å². The number of aliphatic imine (C=N–C) groups is 1. The Labute approximate surface area is 191 Å². The minimum Gasteiger partial charge on any atom is -0.496 e. The van der Waals surface area contributed by atoms with Crippen molar-refractivity contribution < 1.29 is 14.3 Å². The Morgan fingerprint density at radius 3 is 2.81 bits per heavy atom. The van der Waals surface area contributed by atoms with Crippen LogP contribution in [-0.2, 0) is 17.8 Å². The lowest BCUT2D eigenvalue weighted by Gasteiger charge is -2.26. The number of amides is 1. The molecule has 3 aliphatic rings. The van der Waals surface area contributed by atoms with Crippen molar-refractivity contribution in [2.75, 3.05) is 26.7 Å². The lowest BCUT2D eigenvalue weighted by Crippen LogP contribution is -2.45. The molecule has 2 N–H and O–H groups in total. The topological polar surface area (TPSA) is 75.2 Å². The summed E-state index contributed by atoms with van der Waals surface area (Å²) in [7, 11) is 1.70. The number of guanidine groups is 1. The van der Waals surface area contributed by atoms with Gasteiger partial charge in [-0.15, -0.1) is 0 Å². The third-order valence-corrected chi connectivity index (χ3v) is 6.85. The molecule has 1 aromatic carbocycles. The van der Waals surface area contributed by atoms with Crippen molar-refractivity contribution in [3.63, 3.8) is 0 Å². The van der Waals surface area contributed by atoms with Gasteiger partial charge in [0.05, 0.1) is 13.7 Å². The first-order valence-electron chi connectivity index (χ1n) is 12.3. The van der Waals surface area contributed by atoms with Gasteiger partial charge in [-0.05, 0) is 45.2 Å². The average molecular weight is 443 g/mol. The smallest absolute Gasteiger partial charge is 0.225 e. The number of nitrogens with one attached hydrogen (secondary N) is 2. The quantitative estimate of drug-likeness (QED) is 0.523. The predicted molar refractivity (Wildman–Crippen MR) is 126 cm³/mol. The molecule has 7 nitrogen and oxygen atoms in total. The molecule has 4 rings (SSSR count). The molecule has 0 radical (unpaired) electrons. The zero-order valence-electron chi connectivity index (χ0n) is 19.8. The Morgan fingerprint density at radius 1 is 1.25 bits per heavy atom. The Kier molecular flexibility index (Phi) is 7.43. The third kappa shape index (κ3) is 5.30. The number of methoxy groups -OCH3 is 1. The average Bonchev–Trinajstić information content (AvgIpc) is 3.42.